The summed E-state index contributed by atoms with van der Waals surface area (Å²) in [6.07, 6.45) is 11.8. The molecule has 1 aromatic rings. The lowest BCUT2D eigenvalue weighted by Crippen LogP contribution is -2.32. The Morgan fingerprint density at radius 3 is 2.66 bits per heavy atom. The van der Waals surface area contributed by atoms with Crippen molar-refractivity contribution in [2.45, 2.75) is 38.1 Å². The molecule has 2 aliphatic rings. The molecule has 1 saturated carbocycles. The zero-order chi connectivity index (χ0) is 27.2. The number of aliphatic imine (C=N–C) groups is 3. The highest BCUT2D eigenvalue weighted by molar-refractivity contribution is 6.32. The van der Waals surface area contributed by atoms with Crippen LogP contribution < -0.4 is 27.3 Å². The van der Waals surface area contributed by atoms with Gasteiger partial charge in [-0.2, -0.15) is 0 Å². The minimum Gasteiger partial charge on any atom is -0.490 e. The van der Waals surface area contributed by atoms with E-state index in [0.29, 0.717) is 66.8 Å². The van der Waals surface area contributed by atoms with Crippen LogP contribution in [0.15, 0.2) is 63.4 Å². The second-order valence-corrected chi connectivity index (χ2v) is 9.47. The Bertz CT molecular complexity index is 1070. The third-order valence-corrected chi connectivity index (χ3v) is 6.41. The van der Waals surface area contributed by atoms with Crippen LogP contribution in [0.5, 0.6) is 5.75 Å². The summed E-state index contributed by atoms with van der Waals surface area (Å²) in [5.41, 5.74) is 19.3. The predicted molar refractivity (Wildman–Crippen MR) is 154 cm³/mol. The minimum absolute atomic E-state index is 0.237. The average molecular weight is 544 g/mol. The highest BCUT2D eigenvalue weighted by Gasteiger charge is 2.20. The number of nitrogens with one attached hydrogen (secondary N) is 1. The number of benzene rings is 1. The number of rotatable bonds is 14. The van der Waals surface area contributed by atoms with E-state index in [0.717, 1.165) is 18.4 Å². The highest BCUT2D eigenvalue weighted by Crippen LogP contribution is 2.28. The van der Waals surface area contributed by atoms with Gasteiger partial charge in [0.05, 0.1) is 50.0 Å². The molecular formula is C27H38ClN7O3. The molecule has 1 aromatic carbocycles. The van der Waals surface area contributed by atoms with Gasteiger partial charge in [0.1, 0.15) is 23.9 Å². The summed E-state index contributed by atoms with van der Waals surface area (Å²) >= 11 is 6.27. The highest BCUT2D eigenvalue weighted by atomic mass is 35.5. The van der Waals surface area contributed by atoms with E-state index in [1.165, 1.54) is 31.8 Å². The quantitative estimate of drug-likeness (QED) is 0.121. The smallest absolute Gasteiger partial charge is 0.210 e. The van der Waals surface area contributed by atoms with E-state index in [4.69, 9.17) is 48.0 Å². The molecule has 0 aromatic heterocycles. The maximum absolute atomic E-state index is 6.27. The minimum atomic E-state index is 0.237. The van der Waals surface area contributed by atoms with E-state index in [9.17, 15) is 0 Å². The van der Waals surface area contributed by atoms with Gasteiger partial charge in [0.2, 0.25) is 5.88 Å². The molecule has 10 nitrogen and oxygen atoms in total. The van der Waals surface area contributed by atoms with Crippen molar-refractivity contribution in [2.75, 3.05) is 33.0 Å². The first-order valence-electron chi connectivity index (χ1n) is 12.8. The predicted octanol–water partition coefficient (Wildman–Crippen LogP) is 3.33. The SMILES string of the molecule is C=C(N=C/C(=C\N)c1ccc(Cl)c(OCCN=CN)c1)NC(C=NC1CCCCC1)=C(N)OCC1COC1. The molecule has 0 atom stereocenters. The molecule has 38 heavy (non-hydrogen) atoms. The van der Waals surface area contributed by atoms with Gasteiger partial charge in [-0.3, -0.25) is 9.98 Å². The van der Waals surface area contributed by atoms with Crippen molar-refractivity contribution in [2.24, 2.45) is 38.1 Å². The third kappa shape index (κ3) is 9.42. The Morgan fingerprint density at radius 2 is 1.97 bits per heavy atom. The lowest BCUT2D eigenvalue weighted by molar-refractivity contribution is -0.0617. The summed E-state index contributed by atoms with van der Waals surface area (Å²) in [4.78, 5) is 13.1. The normalized spacial score (nSPS) is 18.1. The molecule has 1 saturated heterocycles. The van der Waals surface area contributed by atoms with Crippen LogP contribution in [0.3, 0.4) is 0 Å². The first-order chi connectivity index (χ1) is 18.5. The summed E-state index contributed by atoms with van der Waals surface area (Å²) in [5, 5.41) is 3.60. The molecule has 1 aliphatic carbocycles. The second-order valence-electron chi connectivity index (χ2n) is 9.06. The van der Waals surface area contributed by atoms with Crippen molar-refractivity contribution < 1.29 is 14.2 Å². The van der Waals surface area contributed by atoms with E-state index >= 15 is 0 Å². The van der Waals surface area contributed by atoms with E-state index < -0.39 is 0 Å². The molecule has 1 aliphatic heterocycles. The Morgan fingerprint density at radius 1 is 1.18 bits per heavy atom. The molecule has 0 bridgehead atoms. The Hall–Kier alpha value is -3.50. The largest absolute Gasteiger partial charge is 0.490 e. The van der Waals surface area contributed by atoms with E-state index in [-0.39, 0.29) is 11.9 Å². The molecule has 3 rings (SSSR count). The van der Waals surface area contributed by atoms with Gasteiger partial charge in [-0.15, -0.1) is 0 Å². The molecular weight excluding hydrogens is 506 g/mol. The van der Waals surface area contributed by atoms with Gasteiger partial charge in [0.25, 0.3) is 0 Å². The van der Waals surface area contributed by atoms with Crippen molar-refractivity contribution in [3.05, 3.63) is 59.0 Å². The number of nitrogens with two attached hydrogens (primary N) is 3. The molecule has 1 heterocycles. The maximum atomic E-state index is 6.27. The summed E-state index contributed by atoms with van der Waals surface area (Å²) < 4.78 is 16.7. The molecule has 0 unspecified atom stereocenters. The zero-order valence-electron chi connectivity index (χ0n) is 21.7. The molecule has 206 valence electrons. The fourth-order valence-corrected chi connectivity index (χ4v) is 4.03. The van der Waals surface area contributed by atoms with Crippen molar-refractivity contribution >= 4 is 35.9 Å². The first kappa shape index (κ1) is 29.1. The molecule has 2 fully saturated rings. The fraction of sp³-hybridized carbons (Fsp3) is 0.444. The number of halogens is 1. The molecule has 11 heteroatoms. The number of hydrogen-bond acceptors (Lipinski definition) is 9. The van der Waals surface area contributed by atoms with Gasteiger partial charge in [0, 0.05) is 23.9 Å². The Labute approximate surface area is 229 Å². The van der Waals surface area contributed by atoms with Gasteiger partial charge in [-0.25, -0.2) is 4.99 Å². The van der Waals surface area contributed by atoms with Gasteiger partial charge in [0.15, 0.2) is 0 Å². The van der Waals surface area contributed by atoms with Crippen LogP contribution in [0.2, 0.25) is 5.02 Å². The molecule has 0 spiro atoms. The van der Waals surface area contributed by atoms with Gasteiger partial charge >= 0.3 is 0 Å². The number of allylic oxidation sites excluding steroid dienone is 2. The van der Waals surface area contributed by atoms with Crippen molar-refractivity contribution in [1.82, 2.24) is 5.32 Å². The van der Waals surface area contributed by atoms with Gasteiger partial charge < -0.3 is 36.7 Å². The zero-order valence-corrected chi connectivity index (χ0v) is 22.4. The summed E-state index contributed by atoms with van der Waals surface area (Å²) in [7, 11) is 0. The monoisotopic (exact) mass is 543 g/mol. The van der Waals surface area contributed by atoms with Crippen LogP contribution in [-0.4, -0.2) is 57.8 Å². The number of nitrogens with zero attached hydrogens (tertiary/aromatic N) is 3. The van der Waals surface area contributed by atoms with Gasteiger partial charge in [-0.05, 0) is 30.5 Å². The summed E-state index contributed by atoms with van der Waals surface area (Å²) in [5.74, 6) is 1.43. The standard InChI is InChI=1S/C27H38ClN7O3/c1-19(33-13-22(12-29)21-7-8-24(28)26(11-21)37-10-9-32-18-30)35-25(14-34-23-5-3-2-4-6-23)27(31)38-17-20-15-36-16-20/h7-8,11-14,18,20,23,35H,1-6,9-10,15-17,29,31H2,(H2,30,32)/b22-12+,27-25?,33-13?,34-14?. The fourth-order valence-electron chi connectivity index (χ4n) is 3.86. The van der Waals surface area contributed by atoms with Crippen LogP contribution in [-0.2, 0) is 9.47 Å². The number of ether oxygens (including phenoxy) is 3. The molecule has 7 N–H and O–H groups in total. The lowest BCUT2D eigenvalue weighted by Gasteiger charge is -2.26. The van der Waals surface area contributed by atoms with E-state index in [2.05, 4.69) is 21.9 Å². The summed E-state index contributed by atoms with van der Waals surface area (Å²) in [6, 6.07) is 5.62. The molecule has 0 radical (unpaired) electrons. The van der Waals surface area contributed by atoms with Crippen molar-refractivity contribution in [1.29, 1.82) is 0 Å². The Kier molecular flexibility index (Phi) is 12.0. The van der Waals surface area contributed by atoms with Crippen LogP contribution in [0.1, 0.15) is 37.7 Å². The van der Waals surface area contributed by atoms with E-state index in [1.807, 2.05) is 6.07 Å². The van der Waals surface area contributed by atoms with Crippen molar-refractivity contribution in [3.63, 3.8) is 0 Å². The first-order valence-corrected chi connectivity index (χ1v) is 13.2. The second kappa shape index (κ2) is 15.7. The van der Waals surface area contributed by atoms with Crippen molar-refractivity contribution in [3.8, 4) is 5.75 Å². The third-order valence-electron chi connectivity index (χ3n) is 6.10. The number of hydrogen-bond donors (Lipinski definition) is 4. The van der Waals surface area contributed by atoms with Crippen LogP contribution >= 0.6 is 11.6 Å². The van der Waals surface area contributed by atoms with E-state index in [1.54, 1.807) is 24.6 Å². The van der Waals surface area contributed by atoms with Crippen LogP contribution in [0.4, 0.5) is 0 Å². The van der Waals surface area contributed by atoms with Crippen LogP contribution in [0, 0.1) is 5.92 Å². The van der Waals surface area contributed by atoms with Crippen LogP contribution in [0.25, 0.3) is 5.57 Å². The topological polar surface area (TPSA) is 155 Å². The molecule has 0 amide bonds. The average Bonchev–Trinajstić information content (AvgIpc) is 2.90. The maximum Gasteiger partial charge on any atom is 0.210 e. The summed E-state index contributed by atoms with van der Waals surface area (Å²) in [6.45, 7) is 6.60. The lowest BCUT2D eigenvalue weighted by atomic mass is 9.96. The Balaban J connectivity index is 1.68. The van der Waals surface area contributed by atoms with Gasteiger partial charge in [-0.1, -0.05) is 43.5 Å².